The van der Waals surface area contributed by atoms with Crippen LogP contribution in [0.25, 0.3) is 0 Å². The molecule has 19 heavy (non-hydrogen) atoms. The van der Waals surface area contributed by atoms with Gasteiger partial charge in [-0.3, -0.25) is 4.18 Å². The first-order valence-corrected chi connectivity index (χ1v) is 8.85. The minimum absolute atomic E-state index is 0.213. The highest BCUT2D eigenvalue weighted by atomic mass is 79.9. The number of hydrogen-bond donors (Lipinski definition) is 0. The lowest BCUT2D eigenvalue weighted by Gasteiger charge is -2.10. The van der Waals surface area contributed by atoms with Gasteiger partial charge in [-0.1, -0.05) is 31.7 Å². The Balaban J connectivity index is 1.97. The Morgan fingerprint density at radius 3 is 2.63 bits per heavy atom. The molecule has 0 aromatic heterocycles. The van der Waals surface area contributed by atoms with E-state index in [-0.39, 0.29) is 11.5 Å². The first-order valence-electron chi connectivity index (χ1n) is 6.64. The van der Waals surface area contributed by atoms with Gasteiger partial charge in [0.25, 0.3) is 10.1 Å². The number of hydrogen-bond acceptors (Lipinski definition) is 3. The molecule has 0 unspecified atom stereocenters. The summed E-state index contributed by atoms with van der Waals surface area (Å²) in [6, 6.07) is 5.15. The molecule has 0 radical (unpaired) electrons. The molecule has 1 aromatic carbocycles. The summed E-state index contributed by atoms with van der Waals surface area (Å²) in [5, 5.41) is 0. The molecule has 1 aliphatic carbocycles. The normalized spacial score (nSPS) is 16.9. The van der Waals surface area contributed by atoms with Crippen LogP contribution < -0.4 is 0 Å². The largest absolute Gasteiger partial charge is 0.298 e. The standard InChI is InChI=1S/C14H19BrO3S/c1-11-6-7-14(13(15)10-11)19(16,17)18-9-8-12-4-2-3-5-12/h6-7,10,12H,2-5,8-9H2,1H3. The third-order valence-corrected chi connectivity index (χ3v) is 5.89. The van der Waals surface area contributed by atoms with Gasteiger partial charge in [0.15, 0.2) is 0 Å². The van der Waals surface area contributed by atoms with E-state index in [0.717, 1.165) is 12.0 Å². The summed E-state index contributed by atoms with van der Waals surface area (Å²) >= 11 is 3.28. The van der Waals surface area contributed by atoms with E-state index in [1.165, 1.54) is 25.7 Å². The summed E-state index contributed by atoms with van der Waals surface area (Å²) in [5.41, 5.74) is 1.01. The van der Waals surface area contributed by atoms with Gasteiger partial charge in [-0.25, -0.2) is 0 Å². The predicted octanol–water partition coefficient (Wildman–Crippen LogP) is 4.04. The third kappa shape index (κ3) is 4.04. The van der Waals surface area contributed by atoms with Gasteiger partial charge in [0, 0.05) is 4.47 Å². The van der Waals surface area contributed by atoms with Gasteiger partial charge in [0.2, 0.25) is 0 Å². The summed E-state index contributed by atoms with van der Waals surface area (Å²) in [7, 11) is -3.65. The molecule has 0 bridgehead atoms. The molecule has 1 aromatic rings. The van der Waals surface area contributed by atoms with Crippen molar-refractivity contribution in [2.24, 2.45) is 5.92 Å². The Labute approximate surface area is 123 Å². The Morgan fingerprint density at radius 1 is 1.32 bits per heavy atom. The molecule has 0 amide bonds. The maximum absolute atomic E-state index is 12.1. The van der Waals surface area contributed by atoms with Gasteiger partial charge in [-0.05, 0) is 52.9 Å². The third-order valence-electron chi connectivity index (χ3n) is 3.60. The van der Waals surface area contributed by atoms with Crippen molar-refractivity contribution < 1.29 is 12.6 Å². The van der Waals surface area contributed by atoms with Gasteiger partial charge in [0.1, 0.15) is 4.90 Å². The van der Waals surface area contributed by atoms with E-state index in [1.54, 1.807) is 18.2 Å². The average Bonchev–Trinajstić information content (AvgIpc) is 2.81. The Bertz CT molecular complexity index is 534. The summed E-state index contributed by atoms with van der Waals surface area (Å²) in [5.74, 6) is 0.636. The molecule has 0 atom stereocenters. The Kier molecular flexibility index (Phi) is 5.03. The maximum Gasteiger partial charge on any atom is 0.298 e. The van der Waals surface area contributed by atoms with E-state index in [4.69, 9.17) is 4.18 Å². The molecule has 2 rings (SSSR count). The van der Waals surface area contributed by atoms with Crippen LogP contribution in [0, 0.1) is 12.8 Å². The molecule has 3 nitrogen and oxygen atoms in total. The van der Waals surface area contributed by atoms with Crippen LogP contribution >= 0.6 is 15.9 Å². The number of rotatable bonds is 5. The smallest absolute Gasteiger partial charge is 0.266 e. The van der Waals surface area contributed by atoms with Gasteiger partial charge in [-0.15, -0.1) is 0 Å². The molecule has 0 aliphatic heterocycles. The highest BCUT2D eigenvalue weighted by Gasteiger charge is 2.20. The molecule has 0 spiro atoms. The number of benzene rings is 1. The van der Waals surface area contributed by atoms with Crippen LogP contribution in [0.4, 0.5) is 0 Å². The van der Waals surface area contributed by atoms with Crippen LogP contribution in [-0.2, 0) is 14.3 Å². The van der Waals surface area contributed by atoms with Crippen LogP contribution in [0.3, 0.4) is 0 Å². The van der Waals surface area contributed by atoms with E-state index in [9.17, 15) is 8.42 Å². The molecular formula is C14H19BrO3S. The maximum atomic E-state index is 12.1. The van der Waals surface area contributed by atoms with Crippen molar-refractivity contribution in [1.82, 2.24) is 0 Å². The monoisotopic (exact) mass is 346 g/mol. The second kappa shape index (κ2) is 6.37. The lowest BCUT2D eigenvalue weighted by molar-refractivity contribution is 0.282. The first kappa shape index (κ1) is 15.0. The van der Waals surface area contributed by atoms with Crippen LogP contribution in [0.1, 0.15) is 37.7 Å². The van der Waals surface area contributed by atoms with Crippen LogP contribution in [0.5, 0.6) is 0 Å². The second-order valence-corrected chi connectivity index (χ2v) is 7.59. The van der Waals surface area contributed by atoms with E-state index in [0.29, 0.717) is 10.4 Å². The predicted molar refractivity (Wildman–Crippen MR) is 78.6 cm³/mol. The van der Waals surface area contributed by atoms with Crippen LogP contribution in [0.2, 0.25) is 0 Å². The lowest BCUT2D eigenvalue weighted by atomic mass is 10.1. The van der Waals surface area contributed by atoms with Gasteiger partial charge < -0.3 is 0 Å². The Morgan fingerprint density at radius 2 is 2.00 bits per heavy atom. The number of halogens is 1. The molecular weight excluding hydrogens is 328 g/mol. The molecule has 1 saturated carbocycles. The van der Waals surface area contributed by atoms with E-state index in [2.05, 4.69) is 15.9 Å². The SMILES string of the molecule is Cc1ccc(S(=O)(=O)OCCC2CCCC2)c(Br)c1. The van der Waals surface area contributed by atoms with E-state index >= 15 is 0 Å². The summed E-state index contributed by atoms with van der Waals surface area (Å²) in [6.07, 6.45) is 5.78. The van der Waals surface area contributed by atoms with Crippen LogP contribution in [-0.4, -0.2) is 15.0 Å². The minimum Gasteiger partial charge on any atom is -0.266 e. The van der Waals surface area contributed by atoms with Crippen molar-refractivity contribution in [1.29, 1.82) is 0 Å². The van der Waals surface area contributed by atoms with Gasteiger partial charge in [0.05, 0.1) is 6.61 Å². The zero-order valence-electron chi connectivity index (χ0n) is 11.1. The highest BCUT2D eigenvalue weighted by Crippen LogP contribution is 2.29. The topological polar surface area (TPSA) is 43.4 Å². The second-order valence-electron chi connectivity index (χ2n) is 5.15. The zero-order chi connectivity index (χ0) is 13.9. The molecule has 5 heteroatoms. The van der Waals surface area contributed by atoms with Crippen molar-refractivity contribution in [2.45, 2.75) is 43.9 Å². The van der Waals surface area contributed by atoms with Crippen molar-refractivity contribution in [2.75, 3.05) is 6.61 Å². The fraction of sp³-hybridized carbons (Fsp3) is 0.571. The van der Waals surface area contributed by atoms with Crippen molar-refractivity contribution in [3.8, 4) is 0 Å². The van der Waals surface area contributed by atoms with Crippen molar-refractivity contribution >= 4 is 26.0 Å². The average molecular weight is 347 g/mol. The molecule has 1 aliphatic rings. The quantitative estimate of drug-likeness (QED) is 0.755. The summed E-state index contributed by atoms with van der Waals surface area (Å²) in [6.45, 7) is 2.20. The highest BCUT2D eigenvalue weighted by molar-refractivity contribution is 9.10. The fourth-order valence-corrected chi connectivity index (χ4v) is 4.56. The van der Waals surface area contributed by atoms with E-state index in [1.807, 2.05) is 6.92 Å². The van der Waals surface area contributed by atoms with Crippen molar-refractivity contribution in [3.63, 3.8) is 0 Å². The summed E-state index contributed by atoms with van der Waals surface area (Å²) < 4.78 is 29.9. The zero-order valence-corrected chi connectivity index (χ0v) is 13.5. The molecule has 0 heterocycles. The van der Waals surface area contributed by atoms with Gasteiger partial charge in [-0.2, -0.15) is 8.42 Å². The summed E-state index contributed by atoms with van der Waals surface area (Å²) in [4.78, 5) is 0.213. The Hall–Kier alpha value is -0.390. The minimum atomic E-state index is -3.65. The molecule has 0 saturated heterocycles. The molecule has 0 N–H and O–H groups in total. The number of aryl methyl sites for hydroxylation is 1. The van der Waals surface area contributed by atoms with Crippen molar-refractivity contribution in [3.05, 3.63) is 28.2 Å². The fourth-order valence-electron chi connectivity index (χ4n) is 2.50. The van der Waals surface area contributed by atoms with E-state index < -0.39 is 10.1 Å². The lowest BCUT2D eigenvalue weighted by Crippen LogP contribution is -2.10. The van der Waals surface area contributed by atoms with Crippen LogP contribution in [0.15, 0.2) is 27.6 Å². The molecule has 1 fully saturated rings. The first-order chi connectivity index (χ1) is 8.99. The van der Waals surface area contributed by atoms with Gasteiger partial charge >= 0.3 is 0 Å². The molecule has 106 valence electrons.